The number of rotatable bonds is 3. The highest BCUT2D eigenvalue weighted by Crippen LogP contribution is 2.33. The first-order chi connectivity index (χ1) is 10.1. The molecule has 2 aromatic rings. The average Bonchev–Trinajstić information content (AvgIpc) is 2.50. The summed E-state index contributed by atoms with van der Waals surface area (Å²) in [5.41, 5.74) is 4.33. The van der Waals surface area contributed by atoms with Crippen LogP contribution in [0.25, 0.3) is 0 Å². The second-order valence-electron chi connectivity index (χ2n) is 5.20. The van der Waals surface area contributed by atoms with Crippen LogP contribution in [0.4, 0.5) is 11.4 Å². The van der Waals surface area contributed by atoms with Gasteiger partial charge in [-0.3, -0.25) is 4.79 Å². The Hall–Kier alpha value is -2.49. The molecule has 0 aromatic heterocycles. The molecular weight excluding hydrogens is 264 g/mol. The molecule has 0 spiro atoms. The van der Waals surface area contributed by atoms with Crippen LogP contribution in [0.2, 0.25) is 0 Å². The smallest absolute Gasteiger partial charge is 0.264 e. The molecule has 0 fully saturated rings. The van der Waals surface area contributed by atoms with Crippen LogP contribution >= 0.6 is 0 Å². The monoisotopic (exact) mass is 282 g/mol. The van der Waals surface area contributed by atoms with Gasteiger partial charge in [-0.1, -0.05) is 24.3 Å². The number of nitrogens with zero attached hydrogens (tertiary/aromatic N) is 1. The predicted molar refractivity (Wildman–Crippen MR) is 83.9 cm³/mol. The molecule has 0 atom stereocenters. The van der Waals surface area contributed by atoms with Crippen molar-refractivity contribution in [2.45, 2.75) is 13.5 Å². The Balaban J connectivity index is 1.76. The Kier molecular flexibility index (Phi) is 3.52. The predicted octanol–water partition coefficient (Wildman–Crippen LogP) is 2.96. The summed E-state index contributed by atoms with van der Waals surface area (Å²) >= 11 is 0. The topological polar surface area (TPSA) is 41.6 Å². The minimum absolute atomic E-state index is 0.0249. The largest absolute Gasteiger partial charge is 0.481 e. The number of likely N-dealkylation sites (N-methyl/N-ethyl adjacent to an activating group) is 1. The zero-order valence-electron chi connectivity index (χ0n) is 12.2. The van der Waals surface area contributed by atoms with Crippen LogP contribution in [-0.4, -0.2) is 19.6 Å². The molecule has 0 bridgehead atoms. The lowest BCUT2D eigenvalue weighted by Gasteiger charge is -2.26. The first kappa shape index (κ1) is 13.5. The number of carbonyl (C=O) groups is 1. The molecule has 1 amide bonds. The number of ether oxygens (including phenoxy) is 1. The van der Waals surface area contributed by atoms with E-state index in [1.54, 1.807) is 11.9 Å². The maximum atomic E-state index is 11.6. The Morgan fingerprint density at radius 1 is 1.24 bits per heavy atom. The second-order valence-corrected chi connectivity index (χ2v) is 5.20. The number of aryl methyl sites for hydroxylation is 1. The van der Waals surface area contributed by atoms with Crippen LogP contribution in [0, 0.1) is 6.92 Å². The van der Waals surface area contributed by atoms with E-state index >= 15 is 0 Å². The number of hydrogen-bond acceptors (Lipinski definition) is 3. The number of benzene rings is 2. The molecular formula is C17H18N2O2. The minimum Gasteiger partial charge on any atom is -0.481 e. The summed E-state index contributed by atoms with van der Waals surface area (Å²) in [4.78, 5) is 13.2. The molecule has 1 aliphatic rings. The molecule has 0 unspecified atom stereocenters. The van der Waals surface area contributed by atoms with Gasteiger partial charge in [0.05, 0.1) is 5.69 Å². The van der Waals surface area contributed by atoms with Crippen molar-refractivity contribution in [2.75, 3.05) is 23.9 Å². The molecule has 21 heavy (non-hydrogen) atoms. The molecule has 1 N–H and O–H groups in total. The van der Waals surface area contributed by atoms with Crippen LogP contribution in [0.5, 0.6) is 5.75 Å². The molecule has 3 rings (SSSR count). The van der Waals surface area contributed by atoms with Crippen molar-refractivity contribution in [1.82, 2.24) is 0 Å². The standard InChI is InChI=1S/C17H18N2O2/c1-12-5-3-4-6-13(12)10-18-14-7-8-15-16(9-14)21-11-17(20)19(15)2/h3-9,18H,10-11H2,1-2H3. The molecule has 4 heteroatoms. The number of nitrogens with one attached hydrogen (secondary N) is 1. The molecule has 2 aromatic carbocycles. The van der Waals surface area contributed by atoms with Gasteiger partial charge in [-0.25, -0.2) is 0 Å². The van der Waals surface area contributed by atoms with Crippen molar-refractivity contribution in [3.8, 4) is 5.75 Å². The summed E-state index contributed by atoms with van der Waals surface area (Å²) in [7, 11) is 1.77. The van der Waals surface area contributed by atoms with E-state index in [0.29, 0.717) is 0 Å². The first-order valence-electron chi connectivity index (χ1n) is 6.97. The quantitative estimate of drug-likeness (QED) is 0.941. The van der Waals surface area contributed by atoms with Crippen LogP contribution in [-0.2, 0) is 11.3 Å². The van der Waals surface area contributed by atoms with Crippen molar-refractivity contribution < 1.29 is 9.53 Å². The maximum absolute atomic E-state index is 11.6. The molecule has 0 radical (unpaired) electrons. The van der Waals surface area contributed by atoms with E-state index in [1.807, 2.05) is 30.3 Å². The Morgan fingerprint density at radius 3 is 2.86 bits per heavy atom. The SMILES string of the molecule is Cc1ccccc1CNc1ccc2c(c1)OCC(=O)N2C. The van der Waals surface area contributed by atoms with Gasteiger partial charge in [-0.2, -0.15) is 0 Å². The summed E-state index contributed by atoms with van der Waals surface area (Å²) in [6.07, 6.45) is 0. The molecule has 1 aliphatic heterocycles. The van der Waals surface area contributed by atoms with Crippen molar-refractivity contribution in [3.05, 3.63) is 53.6 Å². The van der Waals surface area contributed by atoms with Gasteiger partial charge in [0, 0.05) is 25.3 Å². The van der Waals surface area contributed by atoms with E-state index in [2.05, 4.69) is 24.4 Å². The maximum Gasteiger partial charge on any atom is 0.264 e. The van der Waals surface area contributed by atoms with Crippen molar-refractivity contribution in [1.29, 1.82) is 0 Å². The van der Waals surface area contributed by atoms with E-state index < -0.39 is 0 Å². The van der Waals surface area contributed by atoms with Gasteiger partial charge in [0.25, 0.3) is 5.91 Å². The summed E-state index contributed by atoms with van der Waals surface area (Å²) in [5.74, 6) is 0.718. The highest BCUT2D eigenvalue weighted by Gasteiger charge is 2.22. The lowest BCUT2D eigenvalue weighted by Crippen LogP contribution is -2.35. The summed E-state index contributed by atoms with van der Waals surface area (Å²) in [5, 5.41) is 3.39. The highest BCUT2D eigenvalue weighted by atomic mass is 16.5. The molecule has 1 heterocycles. The minimum atomic E-state index is -0.0249. The number of carbonyl (C=O) groups excluding carboxylic acids is 1. The lowest BCUT2D eigenvalue weighted by molar-refractivity contribution is -0.120. The fourth-order valence-electron chi connectivity index (χ4n) is 2.39. The summed E-state index contributed by atoms with van der Waals surface area (Å²) in [6.45, 7) is 2.97. The molecule has 4 nitrogen and oxygen atoms in total. The molecule has 0 aliphatic carbocycles. The van der Waals surface area contributed by atoms with Gasteiger partial charge < -0.3 is 15.0 Å². The third-order valence-corrected chi connectivity index (χ3v) is 3.79. The fraction of sp³-hybridized carbons (Fsp3) is 0.235. The van der Waals surface area contributed by atoms with E-state index in [4.69, 9.17) is 4.74 Å². The van der Waals surface area contributed by atoms with Gasteiger partial charge in [-0.15, -0.1) is 0 Å². The zero-order chi connectivity index (χ0) is 14.8. The average molecular weight is 282 g/mol. The van der Waals surface area contributed by atoms with E-state index in [1.165, 1.54) is 11.1 Å². The third kappa shape index (κ3) is 2.70. The van der Waals surface area contributed by atoms with E-state index in [-0.39, 0.29) is 12.5 Å². The van der Waals surface area contributed by atoms with Crippen molar-refractivity contribution >= 4 is 17.3 Å². The Bertz CT molecular complexity index is 682. The lowest BCUT2D eigenvalue weighted by atomic mass is 10.1. The third-order valence-electron chi connectivity index (χ3n) is 3.79. The van der Waals surface area contributed by atoms with E-state index in [9.17, 15) is 4.79 Å². The Labute approximate surface area is 124 Å². The number of anilines is 2. The normalized spacial score (nSPS) is 13.6. The number of amides is 1. The number of fused-ring (bicyclic) bond motifs is 1. The second kappa shape index (κ2) is 5.48. The van der Waals surface area contributed by atoms with Gasteiger partial charge in [0.1, 0.15) is 5.75 Å². The van der Waals surface area contributed by atoms with Gasteiger partial charge in [0.15, 0.2) is 6.61 Å². The van der Waals surface area contributed by atoms with Crippen molar-refractivity contribution in [3.63, 3.8) is 0 Å². The summed E-state index contributed by atoms with van der Waals surface area (Å²) < 4.78 is 5.49. The van der Waals surface area contributed by atoms with Crippen LogP contribution in [0.3, 0.4) is 0 Å². The van der Waals surface area contributed by atoms with Gasteiger partial charge in [-0.05, 0) is 30.2 Å². The van der Waals surface area contributed by atoms with Crippen LogP contribution in [0.1, 0.15) is 11.1 Å². The van der Waals surface area contributed by atoms with Gasteiger partial charge in [0.2, 0.25) is 0 Å². The summed E-state index contributed by atoms with van der Waals surface area (Å²) in [6, 6.07) is 14.1. The Morgan fingerprint density at radius 2 is 2.05 bits per heavy atom. The molecule has 108 valence electrons. The van der Waals surface area contributed by atoms with E-state index in [0.717, 1.165) is 23.7 Å². The van der Waals surface area contributed by atoms with Crippen LogP contribution < -0.4 is 15.0 Å². The fourth-order valence-corrected chi connectivity index (χ4v) is 2.39. The molecule has 0 saturated carbocycles. The van der Waals surface area contributed by atoms with Crippen molar-refractivity contribution in [2.24, 2.45) is 0 Å². The molecule has 0 saturated heterocycles. The number of hydrogen-bond donors (Lipinski definition) is 1. The van der Waals surface area contributed by atoms with Gasteiger partial charge >= 0.3 is 0 Å². The zero-order valence-corrected chi connectivity index (χ0v) is 12.2. The first-order valence-corrected chi connectivity index (χ1v) is 6.97. The van der Waals surface area contributed by atoms with Crippen LogP contribution in [0.15, 0.2) is 42.5 Å². The highest BCUT2D eigenvalue weighted by molar-refractivity contribution is 5.97.